The number of hydrogen-bond acceptors (Lipinski definition) is 5. The number of carbonyl (C=O) groups is 2. The number of amides is 2. The zero-order valence-corrected chi connectivity index (χ0v) is 20.9. The fourth-order valence-corrected chi connectivity index (χ4v) is 3.67. The minimum absolute atomic E-state index is 0.0181. The Hall–Kier alpha value is -3.64. The van der Waals surface area contributed by atoms with E-state index in [4.69, 9.17) is 33.2 Å². The minimum Gasteiger partial charge on any atom is -0.453 e. The molecule has 0 heterocycles. The highest BCUT2D eigenvalue weighted by Gasteiger charge is 2.18. The standard InChI is InChI=1S/C26H22Cl2FN3O4/c1-14-7-18(26(35)31-13-15(2)33)4-6-22(14)32-23(34)10-17-3-5-21(28)25(24(17)29)36-20-9-16(12-30)8-19(27)11-20/h3-9,11,15,33H,10,13H2,1-2H3,(H,31,35)(H,32,34)/t15-/m1/s1. The Labute approximate surface area is 217 Å². The first kappa shape index (κ1) is 27.0. The van der Waals surface area contributed by atoms with Gasteiger partial charge in [-0.3, -0.25) is 9.59 Å². The zero-order chi connectivity index (χ0) is 26.4. The molecular formula is C26H22Cl2FN3O4. The van der Waals surface area contributed by atoms with E-state index in [-0.39, 0.29) is 51.5 Å². The molecule has 0 aliphatic rings. The van der Waals surface area contributed by atoms with Gasteiger partial charge in [-0.2, -0.15) is 5.26 Å². The van der Waals surface area contributed by atoms with Gasteiger partial charge in [-0.15, -0.1) is 0 Å². The fourth-order valence-electron chi connectivity index (χ4n) is 3.26. The lowest BCUT2D eigenvalue weighted by atomic mass is 10.1. The monoisotopic (exact) mass is 529 g/mol. The molecule has 1 atom stereocenters. The molecule has 7 nitrogen and oxygen atoms in total. The molecule has 0 fully saturated rings. The Bertz CT molecular complexity index is 1360. The summed E-state index contributed by atoms with van der Waals surface area (Å²) < 4.78 is 20.8. The van der Waals surface area contributed by atoms with Gasteiger partial charge in [-0.25, -0.2) is 4.39 Å². The van der Waals surface area contributed by atoms with Gasteiger partial charge in [0.15, 0.2) is 11.6 Å². The van der Waals surface area contributed by atoms with E-state index in [2.05, 4.69) is 10.6 Å². The summed E-state index contributed by atoms with van der Waals surface area (Å²) in [6, 6.07) is 13.7. The Morgan fingerprint density at radius 3 is 2.58 bits per heavy atom. The van der Waals surface area contributed by atoms with Crippen molar-refractivity contribution in [3.8, 4) is 17.6 Å². The highest BCUT2D eigenvalue weighted by molar-refractivity contribution is 6.32. The maximum Gasteiger partial charge on any atom is 0.251 e. The number of halogens is 3. The number of aliphatic hydroxyl groups is 1. The maximum absolute atomic E-state index is 15.2. The van der Waals surface area contributed by atoms with Gasteiger partial charge in [-0.05, 0) is 61.9 Å². The molecule has 3 rings (SSSR count). The number of rotatable bonds is 8. The molecule has 0 unspecified atom stereocenters. The van der Waals surface area contributed by atoms with Crippen LogP contribution in [0, 0.1) is 24.1 Å². The van der Waals surface area contributed by atoms with Crippen LogP contribution in [0.5, 0.6) is 11.5 Å². The lowest BCUT2D eigenvalue weighted by molar-refractivity contribution is -0.115. The summed E-state index contributed by atoms with van der Waals surface area (Å²) in [6.45, 7) is 3.40. The summed E-state index contributed by atoms with van der Waals surface area (Å²) in [4.78, 5) is 24.8. The molecule has 3 aromatic carbocycles. The van der Waals surface area contributed by atoms with Crippen molar-refractivity contribution in [2.75, 3.05) is 11.9 Å². The quantitative estimate of drug-likeness (QED) is 0.361. The summed E-state index contributed by atoms with van der Waals surface area (Å²) in [5.41, 5.74) is 1.73. The van der Waals surface area contributed by atoms with Crippen LogP contribution >= 0.6 is 23.2 Å². The van der Waals surface area contributed by atoms with E-state index >= 15 is 4.39 Å². The van der Waals surface area contributed by atoms with E-state index in [1.165, 1.54) is 36.4 Å². The molecule has 0 aliphatic carbocycles. The van der Waals surface area contributed by atoms with E-state index in [0.717, 1.165) is 0 Å². The molecule has 10 heteroatoms. The number of anilines is 1. The molecule has 0 saturated carbocycles. The van der Waals surface area contributed by atoms with Crippen molar-refractivity contribution in [3.05, 3.63) is 86.6 Å². The lowest BCUT2D eigenvalue weighted by Gasteiger charge is -2.14. The van der Waals surface area contributed by atoms with E-state index in [1.54, 1.807) is 26.0 Å². The molecule has 0 spiro atoms. The summed E-state index contributed by atoms with van der Waals surface area (Å²) in [6.07, 6.45) is -0.984. The van der Waals surface area contributed by atoms with Crippen LogP contribution in [0.1, 0.15) is 34.0 Å². The van der Waals surface area contributed by atoms with Crippen molar-refractivity contribution in [1.82, 2.24) is 5.32 Å². The molecule has 0 bridgehead atoms. The molecule has 2 amide bonds. The number of aliphatic hydroxyl groups excluding tert-OH is 1. The fraction of sp³-hybridized carbons (Fsp3) is 0.192. The van der Waals surface area contributed by atoms with Crippen molar-refractivity contribution >= 4 is 40.7 Å². The van der Waals surface area contributed by atoms with Crippen LogP contribution in [0.25, 0.3) is 0 Å². The molecule has 36 heavy (non-hydrogen) atoms. The average Bonchev–Trinajstić information content (AvgIpc) is 2.82. The Balaban J connectivity index is 1.74. The summed E-state index contributed by atoms with van der Waals surface area (Å²) in [5, 5.41) is 23.9. The predicted octanol–water partition coefficient (Wildman–Crippen LogP) is 5.40. The minimum atomic E-state index is -0.821. The zero-order valence-electron chi connectivity index (χ0n) is 19.4. The van der Waals surface area contributed by atoms with Gasteiger partial charge < -0.3 is 20.5 Å². The largest absolute Gasteiger partial charge is 0.453 e. The number of hydrogen-bond donors (Lipinski definition) is 3. The normalized spacial score (nSPS) is 11.4. The first-order valence-electron chi connectivity index (χ1n) is 10.8. The molecule has 0 aromatic heterocycles. The molecule has 0 aliphatic heterocycles. The topological polar surface area (TPSA) is 111 Å². The lowest BCUT2D eigenvalue weighted by Crippen LogP contribution is -2.30. The van der Waals surface area contributed by atoms with Crippen LogP contribution < -0.4 is 15.4 Å². The third-order valence-electron chi connectivity index (χ3n) is 5.02. The van der Waals surface area contributed by atoms with Crippen molar-refractivity contribution < 1.29 is 23.8 Å². The third kappa shape index (κ3) is 6.95. The summed E-state index contributed by atoms with van der Waals surface area (Å²) in [5.74, 6) is -1.84. The Kier molecular flexibility index (Phi) is 8.88. The number of carbonyl (C=O) groups excluding carboxylic acids is 2. The van der Waals surface area contributed by atoms with Crippen molar-refractivity contribution in [2.24, 2.45) is 0 Å². The van der Waals surface area contributed by atoms with E-state index < -0.39 is 17.8 Å². The first-order valence-corrected chi connectivity index (χ1v) is 11.5. The van der Waals surface area contributed by atoms with E-state index in [1.807, 2.05) is 6.07 Å². The Morgan fingerprint density at radius 2 is 1.92 bits per heavy atom. The van der Waals surface area contributed by atoms with Crippen LogP contribution in [0.4, 0.5) is 10.1 Å². The second-order valence-corrected chi connectivity index (χ2v) is 8.90. The van der Waals surface area contributed by atoms with Crippen LogP contribution in [0.2, 0.25) is 10.0 Å². The van der Waals surface area contributed by atoms with Gasteiger partial charge in [0.1, 0.15) is 5.75 Å². The third-order valence-corrected chi connectivity index (χ3v) is 5.54. The van der Waals surface area contributed by atoms with E-state index in [0.29, 0.717) is 16.8 Å². The smallest absolute Gasteiger partial charge is 0.251 e. The van der Waals surface area contributed by atoms with Gasteiger partial charge in [0.2, 0.25) is 5.91 Å². The van der Waals surface area contributed by atoms with E-state index in [9.17, 15) is 14.7 Å². The van der Waals surface area contributed by atoms with Crippen LogP contribution in [0.15, 0.2) is 48.5 Å². The highest BCUT2D eigenvalue weighted by Crippen LogP contribution is 2.35. The van der Waals surface area contributed by atoms with Crippen LogP contribution in [0.3, 0.4) is 0 Å². The van der Waals surface area contributed by atoms with Crippen molar-refractivity contribution in [3.63, 3.8) is 0 Å². The maximum atomic E-state index is 15.2. The number of ether oxygens (including phenoxy) is 1. The van der Waals surface area contributed by atoms with Crippen LogP contribution in [-0.4, -0.2) is 29.6 Å². The average molecular weight is 530 g/mol. The van der Waals surface area contributed by atoms with Gasteiger partial charge >= 0.3 is 0 Å². The second kappa shape index (κ2) is 11.9. The summed E-state index contributed by atoms with van der Waals surface area (Å²) >= 11 is 12.1. The predicted molar refractivity (Wildman–Crippen MR) is 135 cm³/mol. The molecular weight excluding hydrogens is 508 g/mol. The number of nitrogens with one attached hydrogen (secondary N) is 2. The van der Waals surface area contributed by atoms with Crippen molar-refractivity contribution in [1.29, 1.82) is 5.26 Å². The van der Waals surface area contributed by atoms with Gasteiger partial charge in [0.05, 0.1) is 29.2 Å². The number of aryl methyl sites for hydroxylation is 1. The molecule has 186 valence electrons. The molecule has 0 saturated heterocycles. The molecule has 3 aromatic rings. The van der Waals surface area contributed by atoms with Gasteiger partial charge in [-0.1, -0.05) is 29.3 Å². The number of benzene rings is 3. The number of nitrogens with zero attached hydrogens (tertiary/aromatic N) is 1. The molecule has 0 radical (unpaired) electrons. The summed E-state index contributed by atoms with van der Waals surface area (Å²) in [7, 11) is 0. The molecule has 3 N–H and O–H groups in total. The first-order chi connectivity index (χ1) is 17.1. The Morgan fingerprint density at radius 1 is 1.17 bits per heavy atom. The SMILES string of the molecule is Cc1cc(C(=O)NC[C@@H](C)O)ccc1NC(=O)Cc1ccc(Cl)c(Oc2cc(Cl)cc(C#N)c2)c1F. The van der Waals surface area contributed by atoms with Crippen LogP contribution in [-0.2, 0) is 11.2 Å². The highest BCUT2D eigenvalue weighted by atomic mass is 35.5. The van der Waals surface area contributed by atoms with Crippen molar-refractivity contribution in [2.45, 2.75) is 26.4 Å². The second-order valence-electron chi connectivity index (χ2n) is 8.05. The number of nitriles is 1. The van der Waals surface area contributed by atoms with Gasteiger partial charge in [0.25, 0.3) is 5.91 Å². The van der Waals surface area contributed by atoms with Gasteiger partial charge in [0, 0.05) is 28.4 Å².